The molecule has 1 fully saturated rings. The van der Waals surface area contributed by atoms with Crippen LogP contribution in [-0.4, -0.2) is 39.0 Å². The number of rotatable bonds is 5. The maximum atomic E-state index is 12.8. The van der Waals surface area contributed by atoms with Crippen LogP contribution >= 0.6 is 27.5 Å². The lowest BCUT2D eigenvalue weighted by Crippen LogP contribution is -2.34. The normalized spacial score (nSPS) is 19.4. The minimum Gasteiger partial charge on any atom is -0.377 e. The third kappa shape index (κ3) is 3.79. The first-order valence-electron chi connectivity index (χ1n) is 6.79. The summed E-state index contributed by atoms with van der Waals surface area (Å²) in [6.45, 7) is 2.88. The fourth-order valence-electron chi connectivity index (χ4n) is 2.39. The zero-order valence-electron chi connectivity index (χ0n) is 12.1. The number of hydrogen-bond donors (Lipinski definition) is 0. The molecule has 118 valence electrons. The van der Waals surface area contributed by atoms with Crippen LogP contribution < -0.4 is 0 Å². The van der Waals surface area contributed by atoms with Crippen LogP contribution in [0, 0.1) is 6.92 Å². The Bertz CT molecular complexity index is 615. The summed E-state index contributed by atoms with van der Waals surface area (Å²) in [4.78, 5) is 0.299. The number of ether oxygens (including phenoxy) is 1. The fraction of sp³-hybridized carbons (Fsp3) is 0.571. The van der Waals surface area contributed by atoms with Crippen LogP contribution in [0.2, 0.25) is 0 Å². The molecule has 7 heteroatoms. The number of halogens is 2. The molecule has 0 spiro atoms. The first kappa shape index (κ1) is 17.2. The zero-order valence-corrected chi connectivity index (χ0v) is 15.3. The van der Waals surface area contributed by atoms with Gasteiger partial charge >= 0.3 is 0 Å². The van der Waals surface area contributed by atoms with Crippen molar-refractivity contribution >= 4 is 37.6 Å². The van der Waals surface area contributed by atoms with Gasteiger partial charge in [0.1, 0.15) is 0 Å². The summed E-state index contributed by atoms with van der Waals surface area (Å²) in [6, 6.07) is 3.50. The molecule has 1 aliphatic heterocycles. The lowest BCUT2D eigenvalue weighted by atomic mass is 10.2. The molecule has 0 aliphatic carbocycles. The van der Waals surface area contributed by atoms with Crippen molar-refractivity contribution in [2.45, 2.75) is 36.6 Å². The molecular formula is C14H19BrClNO3S. The van der Waals surface area contributed by atoms with Gasteiger partial charge in [-0.25, -0.2) is 8.42 Å². The highest BCUT2D eigenvalue weighted by atomic mass is 79.9. The van der Waals surface area contributed by atoms with Crippen LogP contribution in [0.3, 0.4) is 0 Å². The quantitative estimate of drug-likeness (QED) is 0.717. The fourth-order valence-corrected chi connectivity index (χ4v) is 4.68. The summed E-state index contributed by atoms with van der Waals surface area (Å²) < 4.78 is 33.2. The standard InChI is InChI=1S/C14H19BrClNO3S/c1-10-13(15)6-11(8-16)7-14(10)21(18,19)17(2)9-12-4-3-5-20-12/h6-7,12H,3-5,8-9H2,1-2H3. The smallest absolute Gasteiger partial charge is 0.243 e. The molecular weight excluding hydrogens is 378 g/mol. The zero-order chi connectivity index (χ0) is 15.6. The summed E-state index contributed by atoms with van der Waals surface area (Å²) in [5.74, 6) is 0.275. The predicted octanol–water partition coefficient (Wildman–Crippen LogP) is 3.30. The Morgan fingerprint density at radius 2 is 2.19 bits per heavy atom. The number of hydrogen-bond acceptors (Lipinski definition) is 3. The van der Waals surface area contributed by atoms with Crippen molar-refractivity contribution in [3.8, 4) is 0 Å². The minimum atomic E-state index is -3.55. The van der Waals surface area contributed by atoms with E-state index in [-0.39, 0.29) is 12.0 Å². The summed E-state index contributed by atoms with van der Waals surface area (Å²) in [5.41, 5.74) is 1.47. The largest absolute Gasteiger partial charge is 0.377 e. The van der Waals surface area contributed by atoms with E-state index in [9.17, 15) is 8.42 Å². The molecule has 0 amide bonds. The number of benzene rings is 1. The van der Waals surface area contributed by atoms with E-state index in [0.29, 0.717) is 23.6 Å². The minimum absolute atomic E-state index is 0.00951. The van der Waals surface area contributed by atoms with Crippen molar-refractivity contribution in [2.24, 2.45) is 0 Å². The second-order valence-corrected chi connectivity index (χ2v) is 8.39. The van der Waals surface area contributed by atoms with Gasteiger partial charge in [-0.2, -0.15) is 4.31 Å². The number of sulfonamides is 1. The molecule has 0 radical (unpaired) electrons. The van der Waals surface area contributed by atoms with Gasteiger partial charge in [0.2, 0.25) is 10.0 Å². The Morgan fingerprint density at radius 3 is 2.76 bits per heavy atom. The van der Waals surface area contributed by atoms with Gasteiger partial charge in [0.05, 0.1) is 11.0 Å². The van der Waals surface area contributed by atoms with Crippen LogP contribution in [0.1, 0.15) is 24.0 Å². The van der Waals surface area contributed by atoms with E-state index in [1.165, 1.54) is 4.31 Å². The van der Waals surface area contributed by atoms with Gasteiger partial charge in [-0.15, -0.1) is 11.6 Å². The Hall–Kier alpha value is -0.140. The lowest BCUT2D eigenvalue weighted by molar-refractivity contribution is 0.0979. The second kappa shape index (κ2) is 6.96. The average molecular weight is 397 g/mol. The van der Waals surface area contributed by atoms with Gasteiger partial charge in [-0.1, -0.05) is 15.9 Å². The topological polar surface area (TPSA) is 46.6 Å². The SMILES string of the molecule is Cc1c(Br)cc(CCl)cc1S(=O)(=O)N(C)CC1CCCO1. The summed E-state index contributed by atoms with van der Waals surface area (Å²) in [6.07, 6.45) is 1.89. The van der Waals surface area contributed by atoms with Gasteiger partial charge < -0.3 is 4.74 Å². The molecule has 0 bridgehead atoms. The Morgan fingerprint density at radius 1 is 1.48 bits per heavy atom. The van der Waals surface area contributed by atoms with Gasteiger partial charge in [0.25, 0.3) is 0 Å². The summed E-state index contributed by atoms with van der Waals surface area (Å²) >= 11 is 9.24. The van der Waals surface area contributed by atoms with E-state index in [4.69, 9.17) is 16.3 Å². The molecule has 4 nitrogen and oxygen atoms in total. The van der Waals surface area contributed by atoms with Crippen LogP contribution in [0.5, 0.6) is 0 Å². The molecule has 1 aromatic carbocycles. The Kier molecular flexibility index (Phi) is 5.71. The number of nitrogens with zero attached hydrogens (tertiary/aromatic N) is 1. The van der Waals surface area contributed by atoms with E-state index >= 15 is 0 Å². The van der Waals surface area contributed by atoms with Crippen molar-refractivity contribution in [2.75, 3.05) is 20.2 Å². The Labute approximate surface area is 139 Å². The number of alkyl halides is 1. The first-order valence-corrected chi connectivity index (χ1v) is 9.56. The molecule has 1 aromatic rings. The van der Waals surface area contributed by atoms with Crippen molar-refractivity contribution in [3.63, 3.8) is 0 Å². The highest BCUT2D eigenvalue weighted by Crippen LogP contribution is 2.29. The van der Waals surface area contributed by atoms with Crippen LogP contribution in [0.15, 0.2) is 21.5 Å². The Balaban J connectivity index is 2.31. The maximum absolute atomic E-state index is 12.8. The van der Waals surface area contributed by atoms with Crippen LogP contribution in [0.4, 0.5) is 0 Å². The van der Waals surface area contributed by atoms with E-state index in [2.05, 4.69) is 15.9 Å². The molecule has 1 saturated heterocycles. The van der Waals surface area contributed by atoms with E-state index in [0.717, 1.165) is 22.9 Å². The van der Waals surface area contributed by atoms with Crippen molar-refractivity contribution in [1.29, 1.82) is 0 Å². The van der Waals surface area contributed by atoms with Crippen molar-refractivity contribution in [1.82, 2.24) is 4.31 Å². The molecule has 1 aliphatic rings. The van der Waals surface area contributed by atoms with E-state index in [1.807, 2.05) is 6.07 Å². The molecule has 0 saturated carbocycles. The molecule has 21 heavy (non-hydrogen) atoms. The maximum Gasteiger partial charge on any atom is 0.243 e. The molecule has 2 rings (SSSR count). The highest BCUT2D eigenvalue weighted by molar-refractivity contribution is 9.10. The third-order valence-electron chi connectivity index (χ3n) is 3.68. The van der Waals surface area contributed by atoms with Crippen molar-refractivity contribution < 1.29 is 13.2 Å². The van der Waals surface area contributed by atoms with Gasteiger partial charge in [-0.3, -0.25) is 0 Å². The summed E-state index contributed by atoms with van der Waals surface area (Å²) in [5, 5.41) is 0. The second-order valence-electron chi connectivity index (χ2n) is 5.25. The monoisotopic (exact) mass is 395 g/mol. The summed E-state index contributed by atoms with van der Waals surface area (Å²) in [7, 11) is -1.95. The van der Waals surface area contributed by atoms with Gasteiger partial charge in [0, 0.05) is 30.6 Å². The molecule has 1 atom stereocenters. The average Bonchev–Trinajstić information content (AvgIpc) is 2.94. The van der Waals surface area contributed by atoms with Crippen LogP contribution in [0.25, 0.3) is 0 Å². The first-order chi connectivity index (χ1) is 9.86. The highest BCUT2D eigenvalue weighted by Gasteiger charge is 2.28. The third-order valence-corrected chi connectivity index (χ3v) is 6.77. The van der Waals surface area contributed by atoms with Crippen LogP contribution in [-0.2, 0) is 20.6 Å². The van der Waals surface area contributed by atoms with Gasteiger partial charge in [-0.05, 0) is 43.0 Å². The number of likely N-dealkylation sites (N-methyl/N-ethyl adjacent to an activating group) is 1. The predicted molar refractivity (Wildman–Crippen MR) is 87.2 cm³/mol. The molecule has 1 unspecified atom stereocenters. The van der Waals surface area contributed by atoms with E-state index < -0.39 is 10.0 Å². The van der Waals surface area contributed by atoms with E-state index in [1.54, 1.807) is 20.0 Å². The van der Waals surface area contributed by atoms with Crippen molar-refractivity contribution in [3.05, 3.63) is 27.7 Å². The molecule has 0 aromatic heterocycles. The van der Waals surface area contributed by atoms with Gasteiger partial charge in [0.15, 0.2) is 0 Å². The molecule has 0 N–H and O–H groups in total. The molecule has 1 heterocycles. The lowest BCUT2D eigenvalue weighted by Gasteiger charge is -2.22.